The van der Waals surface area contributed by atoms with Crippen LogP contribution in [0.25, 0.3) is 0 Å². The predicted octanol–water partition coefficient (Wildman–Crippen LogP) is 6.04. The van der Waals surface area contributed by atoms with Crippen molar-refractivity contribution in [1.29, 1.82) is 0 Å². The van der Waals surface area contributed by atoms with Gasteiger partial charge in [-0.1, -0.05) is 47.6 Å². The third kappa shape index (κ3) is 3.36. The molecule has 0 unspecified atom stereocenters. The van der Waals surface area contributed by atoms with Gasteiger partial charge in [-0.05, 0) is 69.0 Å². The molecule has 178 valence electrons. The van der Waals surface area contributed by atoms with Crippen LogP contribution in [-0.2, 0) is 14.0 Å². The van der Waals surface area contributed by atoms with Crippen LogP contribution >= 0.6 is 0 Å². The molecule has 3 aliphatic rings. The molecular formula is C26H46O4Si. The van der Waals surface area contributed by atoms with E-state index in [0.717, 1.165) is 19.3 Å². The third-order valence-electron chi connectivity index (χ3n) is 9.89. The van der Waals surface area contributed by atoms with Gasteiger partial charge in [0, 0.05) is 11.8 Å². The number of carbonyl (C=O) groups excluding carboxylic acids is 1. The minimum Gasteiger partial charge on any atom is -0.413 e. The highest BCUT2D eigenvalue weighted by atomic mass is 28.4. The highest BCUT2D eigenvalue weighted by Crippen LogP contribution is 2.67. The van der Waals surface area contributed by atoms with Crippen molar-refractivity contribution in [3.8, 4) is 0 Å². The van der Waals surface area contributed by atoms with Gasteiger partial charge in [-0.2, -0.15) is 0 Å². The molecular weight excluding hydrogens is 404 g/mol. The molecule has 0 radical (unpaired) electrons. The Balaban J connectivity index is 2.17. The van der Waals surface area contributed by atoms with Crippen LogP contribution in [0, 0.1) is 16.7 Å². The molecule has 0 aromatic heterocycles. The van der Waals surface area contributed by atoms with E-state index in [-0.39, 0.29) is 34.7 Å². The van der Waals surface area contributed by atoms with E-state index in [4.69, 9.17) is 9.16 Å². The maximum Gasteiger partial charge on any atom is 0.192 e. The van der Waals surface area contributed by atoms with Gasteiger partial charge in [0.15, 0.2) is 19.7 Å². The number of hydrogen-bond acceptors (Lipinski definition) is 4. The quantitative estimate of drug-likeness (QED) is 0.421. The topological polar surface area (TPSA) is 55.8 Å². The molecule has 1 N–H and O–H groups in total. The minimum atomic E-state index is -2.11. The highest BCUT2D eigenvalue weighted by Gasteiger charge is 2.76. The summed E-state index contributed by atoms with van der Waals surface area (Å²) in [7, 11) is -2.11. The summed E-state index contributed by atoms with van der Waals surface area (Å²) >= 11 is 0. The van der Waals surface area contributed by atoms with Gasteiger partial charge in [-0.25, -0.2) is 0 Å². The average molecular weight is 451 g/mol. The molecule has 0 spiro atoms. The molecule has 1 aliphatic heterocycles. The second kappa shape index (κ2) is 7.01. The van der Waals surface area contributed by atoms with Gasteiger partial charge in [-0.3, -0.25) is 4.79 Å². The largest absolute Gasteiger partial charge is 0.413 e. The lowest BCUT2D eigenvalue weighted by Gasteiger charge is -2.70. The van der Waals surface area contributed by atoms with Crippen LogP contribution in [0.3, 0.4) is 0 Å². The van der Waals surface area contributed by atoms with E-state index in [1.54, 1.807) is 6.08 Å². The summed E-state index contributed by atoms with van der Waals surface area (Å²) in [6.07, 6.45) is 5.18. The fraction of sp³-hybridized carbons (Fsp3) is 0.885. The van der Waals surface area contributed by atoms with E-state index in [1.165, 1.54) is 0 Å². The molecule has 0 aromatic rings. The van der Waals surface area contributed by atoms with Crippen molar-refractivity contribution in [1.82, 2.24) is 0 Å². The van der Waals surface area contributed by atoms with Crippen LogP contribution in [0.5, 0.6) is 0 Å². The summed E-state index contributed by atoms with van der Waals surface area (Å²) < 4.78 is 13.6. The van der Waals surface area contributed by atoms with Crippen molar-refractivity contribution >= 4 is 14.1 Å². The fourth-order valence-corrected chi connectivity index (χ4v) is 8.33. The van der Waals surface area contributed by atoms with Crippen molar-refractivity contribution in [2.45, 2.75) is 129 Å². The first-order valence-corrected chi connectivity index (χ1v) is 15.0. The lowest BCUT2D eigenvalue weighted by atomic mass is 9.41. The molecule has 3 fully saturated rings. The molecule has 0 aromatic carbocycles. The first kappa shape index (κ1) is 25.1. The summed E-state index contributed by atoms with van der Waals surface area (Å²) in [4.78, 5) is 13.9. The van der Waals surface area contributed by atoms with E-state index < -0.39 is 30.5 Å². The Bertz CT molecular complexity index is 768. The highest BCUT2D eigenvalue weighted by molar-refractivity contribution is 6.74. The smallest absolute Gasteiger partial charge is 0.192 e. The lowest BCUT2D eigenvalue weighted by Crippen LogP contribution is -2.80. The SMILES string of the molecule is C=C[C@@]1(C)CC(=O)[C@]2(O)[C@@]3(C)[C@@H](O[Si](C)(C)C(C)(C)C)CCC(C)(C)[C@@H]3CC[C@@]2(C)O1. The molecule has 2 aliphatic carbocycles. The van der Waals surface area contributed by atoms with Crippen LogP contribution in [-0.4, -0.2) is 42.1 Å². The van der Waals surface area contributed by atoms with Gasteiger partial charge in [0.05, 0.1) is 11.7 Å². The van der Waals surface area contributed by atoms with Gasteiger partial charge < -0.3 is 14.3 Å². The number of ketones is 1. The van der Waals surface area contributed by atoms with Gasteiger partial charge in [0.1, 0.15) is 5.60 Å². The Morgan fingerprint density at radius 2 is 1.71 bits per heavy atom. The van der Waals surface area contributed by atoms with Gasteiger partial charge in [0.25, 0.3) is 0 Å². The number of carbonyl (C=O) groups is 1. The second-order valence-electron chi connectivity index (χ2n) is 13.4. The second-order valence-corrected chi connectivity index (χ2v) is 18.2. The number of Topliss-reactive ketones (excluding diaryl/α,β-unsaturated/α-hetero) is 1. The van der Waals surface area contributed by atoms with Crippen molar-refractivity contribution in [2.75, 3.05) is 0 Å². The van der Waals surface area contributed by atoms with E-state index >= 15 is 0 Å². The Kier molecular flexibility index (Phi) is 5.68. The zero-order valence-corrected chi connectivity index (χ0v) is 22.6. The molecule has 1 heterocycles. The molecule has 2 saturated carbocycles. The standard InChI is InChI=1S/C26H46O4Si/c1-12-23(7)17-19(27)26(28)24(8,30-23)16-13-18-22(5,6)15-14-20(25(18,26)9)29-31(10,11)21(2,3)4/h12,18,20,28H,1,13-17H2,2-11H3/t18-,20-,23-,24+,25+,26+/m0/s1. The van der Waals surface area contributed by atoms with Gasteiger partial charge in [-0.15, -0.1) is 6.58 Å². The van der Waals surface area contributed by atoms with Crippen molar-refractivity contribution in [2.24, 2.45) is 16.7 Å². The lowest BCUT2D eigenvalue weighted by molar-refractivity contribution is -0.322. The number of rotatable bonds is 3. The molecule has 6 atom stereocenters. The monoisotopic (exact) mass is 450 g/mol. The first-order valence-electron chi connectivity index (χ1n) is 12.1. The number of ether oxygens (including phenoxy) is 1. The van der Waals surface area contributed by atoms with Crippen molar-refractivity contribution in [3.63, 3.8) is 0 Å². The minimum absolute atomic E-state index is 0.0264. The fourth-order valence-electron chi connectivity index (χ4n) is 6.90. The third-order valence-corrected chi connectivity index (χ3v) is 14.4. The average Bonchev–Trinajstić information content (AvgIpc) is 2.60. The summed E-state index contributed by atoms with van der Waals surface area (Å²) in [6, 6.07) is 0. The zero-order valence-electron chi connectivity index (χ0n) is 21.6. The maximum atomic E-state index is 13.9. The van der Waals surface area contributed by atoms with E-state index in [2.05, 4.69) is 61.2 Å². The Morgan fingerprint density at radius 1 is 1.13 bits per heavy atom. The van der Waals surface area contributed by atoms with Crippen LogP contribution < -0.4 is 0 Å². The van der Waals surface area contributed by atoms with Crippen LogP contribution in [0.15, 0.2) is 12.7 Å². The zero-order chi connectivity index (χ0) is 23.9. The molecule has 31 heavy (non-hydrogen) atoms. The maximum absolute atomic E-state index is 13.9. The Hall–Kier alpha value is -0.493. The number of aliphatic hydroxyl groups is 1. The van der Waals surface area contributed by atoms with Gasteiger partial charge >= 0.3 is 0 Å². The van der Waals surface area contributed by atoms with Crippen molar-refractivity contribution in [3.05, 3.63) is 12.7 Å². The van der Waals surface area contributed by atoms with Crippen LogP contribution in [0.2, 0.25) is 18.1 Å². The Morgan fingerprint density at radius 3 is 2.23 bits per heavy atom. The van der Waals surface area contributed by atoms with E-state index in [1.807, 2.05) is 13.8 Å². The Labute approximate surface area is 191 Å². The van der Waals surface area contributed by atoms with E-state index in [0.29, 0.717) is 6.42 Å². The summed E-state index contributed by atoms with van der Waals surface area (Å²) in [5.41, 5.74) is -3.98. The summed E-state index contributed by atoms with van der Waals surface area (Å²) in [5, 5.41) is 12.6. The number of fused-ring (bicyclic) bond motifs is 3. The predicted molar refractivity (Wildman–Crippen MR) is 129 cm³/mol. The van der Waals surface area contributed by atoms with Gasteiger partial charge in [0.2, 0.25) is 0 Å². The molecule has 0 amide bonds. The molecule has 5 heteroatoms. The molecule has 3 rings (SSSR count). The van der Waals surface area contributed by atoms with E-state index in [9.17, 15) is 9.90 Å². The van der Waals surface area contributed by atoms with Crippen molar-refractivity contribution < 1.29 is 19.1 Å². The van der Waals surface area contributed by atoms with Crippen LogP contribution in [0.4, 0.5) is 0 Å². The normalized spacial score (nSPS) is 45.6. The summed E-state index contributed by atoms with van der Waals surface area (Å²) in [5.74, 6) is 0.0691. The number of hydrogen-bond donors (Lipinski definition) is 1. The summed E-state index contributed by atoms with van der Waals surface area (Å²) in [6.45, 7) is 25.8. The van der Waals surface area contributed by atoms with Crippen LogP contribution in [0.1, 0.15) is 87.5 Å². The molecule has 4 nitrogen and oxygen atoms in total. The molecule has 1 saturated heterocycles. The first-order chi connectivity index (χ1) is 13.8. The molecule has 0 bridgehead atoms.